The number of carboxylic acids is 1. The van der Waals surface area contributed by atoms with Gasteiger partial charge in [-0.1, -0.05) is 19.8 Å². The SMILES string of the molecule is CCCCCNC(=S)Nc1ccc2ncc(-c3csc(C(=O)O)c3)nc2n1. The predicted molar refractivity (Wildman–Crippen MR) is 111 cm³/mol. The van der Waals surface area contributed by atoms with Crippen molar-refractivity contribution in [1.82, 2.24) is 20.3 Å². The van der Waals surface area contributed by atoms with E-state index in [0.29, 0.717) is 33.4 Å². The van der Waals surface area contributed by atoms with Gasteiger partial charge in [-0.2, -0.15) is 0 Å². The Kier molecular flexibility index (Phi) is 6.25. The molecule has 0 amide bonds. The first-order chi connectivity index (χ1) is 13.1. The van der Waals surface area contributed by atoms with Gasteiger partial charge >= 0.3 is 5.97 Å². The van der Waals surface area contributed by atoms with Crippen LogP contribution in [-0.2, 0) is 0 Å². The number of nitrogens with one attached hydrogen (secondary N) is 2. The minimum absolute atomic E-state index is 0.259. The number of fused-ring (bicyclic) bond motifs is 1. The molecule has 0 fully saturated rings. The van der Waals surface area contributed by atoms with Crippen molar-refractivity contribution in [2.75, 3.05) is 11.9 Å². The van der Waals surface area contributed by atoms with Crippen molar-refractivity contribution in [3.63, 3.8) is 0 Å². The van der Waals surface area contributed by atoms with E-state index in [1.807, 2.05) is 6.07 Å². The molecule has 3 rings (SSSR count). The molecule has 0 bridgehead atoms. The van der Waals surface area contributed by atoms with Gasteiger partial charge in [0.05, 0.1) is 11.9 Å². The maximum atomic E-state index is 11.1. The van der Waals surface area contributed by atoms with Gasteiger partial charge in [0, 0.05) is 17.5 Å². The second-order valence-corrected chi connectivity index (χ2v) is 7.21. The molecule has 0 aromatic carbocycles. The highest BCUT2D eigenvalue weighted by Crippen LogP contribution is 2.25. The first-order valence-electron chi connectivity index (χ1n) is 8.57. The molecule has 0 aliphatic heterocycles. The maximum Gasteiger partial charge on any atom is 0.345 e. The molecule has 7 nitrogen and oxygen atoms in total. The number of thiophene rings is 1. The molecule has 3 aromatic heterocycles. The minimum atomic E-state index is -0.954. The molecule has 0 atom stereocenters. The molecule has 0 saturated carbocycles. The van der Waals surface area contributed by atoms with Crippen molar-refractivity contribution in [2.45, 2.75) is 26.2 Å². The molecule has 3 N–H and O–H groups in total. The fraction of sp³-hybridized carbons (Fsp3) is 0.278. The first kappa shape index (κ1) is 19.1. The van der Waals surface area contributed by atoms with Gasteiger partial charge in [0.2, 0.25) is 0 Å². The molecule has 0 aliphatic rings. The fourth-order valence-corrected chi connectivity index (χ4v) is 3.37. The van der Waals surface area contributed by atoms with Gasteiger partial charge < -0.3 is 15.7 Å². The van der Waals surface area contributed by atoms with Crippen LogP contribution in [0.1, 0.15) is 35.9 Å². The van der Waals surface area contributed by atoms with Crippen molar-refractivity contribution in [3.05, 3.63) is 34.7 Å². The zero-order chi connectivity index (χ0) is 19.2. The number of anilines is 1. The lowest BCUT2D eigenvalue weighted by Crippen LogP contribution is -2.29. The van der Waals surface area contributed by atoms with Crippen molar-refractivity contribution < 1.29 is 9.90 Å². The molecule has 27 heavy (non-hydrogen) atoms. The van der Waals surface area contributed by atoms with Crippen LogP contribution < -0.4 is 10.6 Å². The number of nitrogens with zero attached hydrogens (tertiary/aromatic N) is 3. The van der Waals surface area contributed by atoms with Crippen molar-refractivity contribution in [3.8, 4) is 11.3 Å². The van der Waals surface area contributed by atoms with Gasteiger partial charge in [-0.05, 0) is 36.8 Å². The van der Waals surface area contributed by atoms with Gasteiger partial charge in [0.25, 0.3) is 0 Å². The quantitative estimate of drug-likeness (QED) is 0.404. The summed E-state index contributed by atoms with van der Waals surface area (Å²) in [5.41, 5.74) is 2.41. The topological polar surface area (TPSA) is 100 Å². The van der Waals surface area contributed by atoms with Gasteiger partial charge in [0.15, 0.2) is 10.8 Å². The van der Waals surface area contributed by atoms with E-state index in [1.165, 1.54) is 0 Å². The Hall–Kier alpha value is -2.65. The molecular formula is C18H19N5O2S2. The summed E-state index contributed by atoms with van der Waals surface area (Å²) in [7, 11) is 0. The Labute approximate surface area is 165 Å². The lowest BCUT2D eigenvalue weighted by Gasteiger charge is -2.10. The molecular weight excluding hydrogens is 382 g/mol. The van der Waals surface area contributed by atoms with Gasteiger partial charge in [-0.3, -0.25) is 4.98 Å². The van der Waals surface area contributed by atoms with Crippen LogP contribution in [0.5, 0.6) is 0 Å². The lowest BCUT2D eigenvalue weighted by atomic mass is 10.2. The summed E-state index contributed by atoms with van der Waals surface area (Å²) in [5, 5.41) is 17.5. The number of unbranched alkanes of at least 4 members (excludes halogenated alkanes) is 2. The summed E-state index contributed by atoms with van der Waals surface area (Å²) < 4.78 is 0. The molecule has 3 aromatic rings. The summed E-state index contributed by atoms with van der Waals surface area (Å²) in [5.74, 6) is -0.372. The Bertz CT molecular complexity index is 973. The van der Waals surface area contributed by atoms with Crippen molar-refractivity contribution in [1.29, 1.82) is 0 Å². The molecule has 0 unspecified atom stereocenters. The van der Waals surface area contributed by atoms with Crippen LogP contribution in [0.25, 0.3) is 22.4 Å². The Morgan fingerprint density at radius 1 is 1.30 bits per heavy atom. The normalized spacial score (nSPS) is 10.7. The zero-order valence-electron chi connectivity index (χ0n) is 14.7. The Morgan fingerprint density at radius 3 is 2.89 bits per heavy atom. The average molecular weight is 402 g/mol. The molecule has 9 heteroatoms. The third kappa shape index (κ3) is 4.95. The average Bonchev–Trinajstić information content (AvgIpc) is 3.15. The molecule has 0 saturated heterocycles. The van der Waals surface area contributed by atoms with Crippen LogP contribution in [0, 0.1) is 0 Å². The summed E-state index contributed by atoms with van der Waals surface area (Å²) in [6.07, 6.45) is 5.00. The monoisotopic (exact) mass is 401 g/mol. The van der Waals surface area contributed by atoms with E-state index in [2.05, 4.69) is 32.5 Å². The largest absolute Gasteiger partial charge is 0.477 e. The number of hydrogen-bond acceptors (Lipinski definition) is 6. The van der Waals surface area contributed by atoms with Gasteiger partial charge in [-0.25, -0.2) is 14.8 Å². The number of aromatic nitrogens is 3. The van der Waals surface area contributed by atoms with Crippen LogP contribution in [0.15, 0.2) is 29.8 Å². The minimum Gasteiger partial charge on any atom is -0.477 e. The van der Waals surface area contributed by atoms with E-state index in [9.17, 15) is 4.79 Å². The first-order valence-corrected chi connectivity index (χ1v) is 9.86. The lowest BCUT2D eigenvalue weighted by molar-refractivity contribution is 0.0702. The van der Waals surface area contributed by atoms with E-state index in [-0.39, 0.29) is 4.88 Å². The smallest absolute Gasteiger partial charge is 0.345 e. The number of hydrogen-bond donors (Lipinski definition) is 3. The third-order valence-corrected chi connectivity index (χ3v) is 4.98. The van der Waals surface area contributed by atoms with Crippen molar-refractivity contribution in [2.24, 2.45) is 0 Å². The van der Waals surface area contributed by atoms with Crippen LogP contribution >= 0.6 is 23.6 Å². The van der Waals surface area contributed by atoms with Crippen LogP contribution in [0.2, 0.25) is 0 Å². The van der Waals surface area contributed by atoms with Crippen molar-refractivity contribution >= 4 is 51.6 Å². The van der Waals surface area contributed by atoms with Gasteiger partial charge in [0.1, 0.15) is 16.2 Å². The molecule has 0 aliphatic carbocycles. The van der Waals surface area contributed by atoms with E-state index in [1.54, 1.807) is 23.7 Å². The Balaban J connectivity index is 1.75. The number of carboxylic acid groups (broad SMARTS) is 1. The fourth-order valence-electron chi connectivity index (χ4n) is 2.43. The standard InChI is InChI=1S/C18H19N5O2S2/c1-2-3-4-7-19-18(26)23-15-6-5-12-16(22-15)21-13(9-20-12)11-8-14(17(24)25)27-10-11/h5-6,8-10H,2-4,7H2,1H3,(H,24,25)(H2,19,21,22,23,26). The van der Waals surface area contributed by atoms with Crippen LogP contribution in [0.3, 0.4) is 0 Å². The highest BCUT2D eigenvalue weighted by molar-refractivity contribution is 7.80. The van der Waals surface area contributed by atoms with E-state index in [4.69, 9.17) is 17.3 Å². The summed E-state index contributed by atoms with van der Waals surface area (Å²) in [4.78, 5) is 24.6. The number of aromatic carboxylic acids is 1. The molecule has 3 heterocycles. The molecule has 140 valence electrons. The summed E-state index contributed by atoms with van der Waals surface area (Å²) in [6, 6.07) is 5.20. The number of thiocarbonyl (C=S) groups is 1. The zero-order valence-corrected chi connectivity index (χ0v) is 16.4. The van der Waals surface area contributed by atoms with Crippen LogP contribution in [-0.4, -0.2) is 37.7 Å². The summed E-state index contributed by atoms with van der Waals surface area (Å²) >= 11 is 6.44. The van der Waals surface area contributed by atoms with Crippen LogP contribution in [0.4, 0.5) is 5.82 Å². The van der Waals surface area contributed by atoms with E-state index < -0.39 is 5.97 Å². The van der Waals surface area contributed by atoms with E-state index >= 15 is 0 Å². The third-order valence-electron chi connectivity index (χ3n) is 3.82. The predicted octanol–water partition coefficient (Wildman–Crippen LogP) is 3.93. The highest BCUT2D eigenvalue weighted by Gasteiger charge is 2.11. The van der Waals surface area contributed by atoms with Gasteiger partial charge in [-0.15, -0.1) is 11.3 Å². The number of rotatable bonds is 7. The highest BCUT2D eigenvalue weighted by atomic mass is 32.1. The second kappa shape index (κ2) is 8.83. The van der Waals surface area contributed by atoms with E-state index in [0.717, 1.165) is 37.1 Å². The Morgan fingerprint density at radius 2 is 2.15 bits per heavy atom. The number of carbonyl (C=O) groups is 1. The second-order valence-electron chi connectivity index (χ2n) is 5.89. The molecule has 0 spiro atoms. The molecule has 0 radical (unpaired) electrons. The maximum absolute atomic E-state index is 11.1. The number of pyridine rings is 1. The summed E-state index contributed by atoms with van der Waals surface area (Å²) in [6.45, 7) is 2.98.